The molecule has 0 aliphatic carbocycles. The molecule has 1 aliphatic heterocycles. The number of hydrogen-bond donors (Lipinski definition) is 2. The van der Waals surface area contributed by atoms with Gasteiger partial charge in [-0.1, -0.05) is 6.07 Å². The lowest BCUT2D eigenvalue weighted by Gasteiger charge is -2.31. The van der Waals surface area contributed by atoms with E-state index in [2.05, 4.69) is 29.8 Å². The Morgan fingerprint density at radius 3 is 2.40 bits per heavy atom. The maximum absolute atomic E-state index is 14.3. The maximum atomic E-state index is 14.3. The summed E-state index contributed by atoms with van der Waals surface area (Å²) in [4.78, 5) is 25.1. The molecule has 11 nitrogen and oxygen atoms in total. The van der Waals surface area contributed by atoms with Crippen LogP contribution in [0.15, 0.2) is 59.8 Å². The van der Waals surface area contributed by atoms with Crippen molar-refractivity contribution in [1.29, 1.82) is 0 Å². The quantitative estimate of drug-likeness (QED) is 0.292. The van der Waals surface area contributed by atoms with E-state index in [1.165, 1.54) is 26.5 Å². The van der Waals surface area contributed by atoms with Crippen LogP contribution >= 0.6 is 0 Å². The number of ether oxygens (including phenoxy) is 2. The summed E-state index contributed by atoms with van der Waals surface area (Å²) in [6.45, 7) is 3.63. The Morgan fingerprint density at radius 1 is 0.930 bits per heavy atom. The largest absolute Gasteiger partial charge is 0.494 e. The number of amides is 1. The lowest BCUT2D eigenvalue weighted by Crippen LogP contribution is -2.47. The first-order valence-electron chi connectivity index (χ1n) is 13.3. The number of halogens is 2. The number of hydrogen-bond acceptors (Lipinski definition) is 9. The van der Waals surface area contributed by atoms with Gasteiger partial charge in [-0.3, -0.25) is 19.4 Å². The van der Waals surface area contributed by atoms with Crippen molar-refractivity contribution in [2.24, 2.45) is 0 Å². The fourth-order valence-corrected chi connectivity index (χ4v) is 5.90. The summed E-state index contributed by atoms with van der Waals surface area (Å²) >= 11 is 0. The zero-order valence-corrected chi connectivity index (χ0v) is 24.5. The second-order valence-corrected chi connectivity index (χ2v) is 11.7. The fourth-order valence-electron chi connectivity index (χ4n) is 4.79. The number of benzene rings is 2. The van der Waals surface area contributed by atoms with Gasteiger partial charge in [0.05, 0.1) is 32.5 Å². The molecule has 0 radical (unpaired) electrons. The van der Waals surface area contributed by atoms with Gasteiger partial charge in [-0.15, -0.1) is 0 Å². The Balaban J connectivity index is 1.44. The van der Waals surface area contributed by atoms with Gasteiger partial charge in [0.1, 0.15) is 27.9 Å². The normalized spacial score (nSPS) is 14.4. The molecule has 0 atom stereocenters. The minimum absolute atomic E-state index is 0.0553. The summed E-state index contributed by atoms with van der Waals surface area (Å²) in [7, 11) is 0.397. The molecule has 1 saturated heterocycles. The number of aromatic nitrogens is 2. The number of likely N-dealkylation sites (N-methyl/N-ethyl adjacent to an activating group) is 1. The molecule has 3 heterocycles. The third-order valence-corrected chi connectivity index (χ3v) is 8.46. The van der Waals surface area contributed by atoms with Crippen LogP contribution in [0.5, 0.6) is 11.6 Å². The van der Waals surface area contributed by atoms with Gasteiger partial charge in [-0.05, 0) is 42.9 Å². The van der Waals surface area contributed by atoms with Crippen molar-refractivity contribution in [3.63, 3.8) is 0 Å². The maximum Gasteiger partial charge on any atom is 0.264 e. The Labute approximate surface area is 247 Å². The van der Waals surface area contributed by atoms with Crippen LogP contribution in [0.2, 0.25) is 0 Å². The van der Waals surface area contributed by atoms with Crippen LogP contribution in [0, 0.1) is 11.6 Å². The highest BCUT2D eigenvalue weighted by Crippen LogP contribution is 2.36. The molecule has 1 amide bonds. The average molecular weight is 613 g/mol. The van der Waals surface area contributed by atoms with E-state index in [1.54, 1.807) is 24.4 Å². The van der Waals surface area contributed by atoms with E-state index < -0.39 is 26.6 Å². The van der Waals surface area contributed by atoms with Crippen molar-refractivity contribution >= 4 is 38.2 Å². The number of anilines is 2. The molecule has 0 saturated carbocycles. The first kappa shape index (κ1) is 30.1. The predicted molar refractivity (Wildman–Crippen MR) is 158 cm³/mol. The number of nitrogens with zero attached hydrogens (tertiary/aromatic N) is 4. The number of pyridine rings is 2. The van der Waals surface area contributed by atoms with E-state index in [-0.39, 0.29) is 24.0 Å². The first-order valence-corrected chi connectivity index (χ1v) is 14.8. The van der Waals surface area contributed by atoms with Crippen LogP contribution < -0.4 is 19.5 Å². The van der Waals surface area contributed by atoms with Crippen molar-refractivity contribution in [2.75, 3.05) is 64.0 Å². The van der Waals surface area contributed by atoms with Crippen LogP contribution in [0.25, 0.3) is 22.0 Å². The van der Waals surface area contributed by atoms with Crippen molar-refractivity contribution in [3.8, 4) is 22.8 Å². The number of nitrogens with one attached hydrogen (secondary N) is 2. The zero-order chi connectivity index (χ0) is 30.7. The highest BCUT2D eigenvalue weighted by Gasteiger charge is 2.23. The first-order chi connectivity index (χ1) is 20.6. The highest BCUT2D eigenvalue weighted by atomic mass is 32.2. The number of carbonyl (C=O) groups is 1. The molecule has 5 rings (SSSR count). The fraction of sp³-hybridized carbons (Fsp3) is 0.276. The lowest BCUT2D eigenvalue weighted by atomic mass is 10.0. The summed E-state index contributed by atoms with van der Waals surface area (Å²) in [6, 6.07) is 8.95. The molecule has 0 unspecified atom stereocenters. The van der Waals surface area contributed by atoms with Crippen molar-refractivity contribution < 1.29 is 31.5 Å². The molecule has 1 aliphatic rings. The van der Waals surface area contributed by atoms with Crippen LogP contribution in [0.3, 0.4) is 0 Å². The second-order valence-electron chi connectivity index (χ2n) is 10.0. The molecule has 2 aromatic heterocycles. The average Bonchev–Trinajstić information content (AvgIpc) is 2.97. The van der Waals surface area contributed by atoms with Crippen LogP contribution in [0.1, 0.15) is 0 Å². The zero-order valence-electron chi connectivity index (χ0n) is 23.7. The molecule has 226 valence electrons. The van der Waals surface area contributed by atoms with E-state index in [9.17, 15) is 22.0 Å². The van der Waals surface area contributed by atoms with E-state index in [0.29, 0.717) is 39.5 Å². The predicted octanol–water partition coefficient (Wildman–Crippen LogP) is 3.58. The number of methoxy groups -OCH3 is 2. The minimum atomic E-state index is -4.46. The summed E-state index contributed by atoms with van der Waals surface area (Å²) in [5, 5.41) is 3.50. The third kappa shape index (κ3) is 6.66. The van der Waals surface area contributed by atoms with Crippen molar-refractivity contribution in [3.05, 3.63) is 66.5 Å². The van der Waals surface area contributed by atoms with Gasteiger partial charge in [0.15, 0.2) is 5.75 Å². The molecular formula is C29H30F2N6O5S. The smallest absolute Gasteiger partial charge is 0.264 e. The van der Waals surface area contributed by atoms with E-state index in [1.807, 2.05) is 7.05 Å². The minimum Gasteiger partial charge on any atom is -0.494 e. The van der Waals surface area contributed by atoms with E-state index in [4.69, 9.17) is 9.47 Å². The summed E-state index contributed by atoms with van der Waals surface area (Å²) in [5.41, 5.74) is 2.07. The van der Waals surface area contributed by atoms with Crippen molar-refractivity contribution in [1.82, 2.24) is 19.8 Å². The Morgan fingerprint density at radius 2 is 1.70 bits per heavy atom. The van der Waals surface area contributed by atoms with Crippen molar-refractivity contribution in [2.45, 2.75) is 4.90 Å². The number of piperazine rings is 1. The van der Waals surface area contributed by atoms with Gasteiger partial charge in [-0.25, -0.2) is 22.2 Å². The topological polar surface area (TPSA) is 126 Å². The molecule has 2 aromatic carbocycles. The van der Waals surface area contributed by atoms with Gasteiger partial charge in [0.2, 0.25) is 11.8 Å². The van der Waals surface area contributed by atoms with Crippen LogP contribution in [-0.2, 0) is 14.8 Å². The molecule has 4 aromatic rings. The Hall–Kier alpha value is -4.40. The monoisotopic (exact) mass is 612 g/mol. The molecule has 2 N–H and O–H groups in total. The number of fused-ring (bicyclic) bond motifs is 1. The van der Waals surface area contributed by atoms with Gasteiger partial charge < -0.3 is 19.7 Å². The van der Waals surface area contributed by atoms with Gasteiger partial charge in [0, 0.05) is 49.4 Å². The highest BCUT2D eigenvalue weighted by molar-refractivity contribution is 7.92. The standard InChI is InChI=1S/C29H30F2N6O5S/c1-36-8-10-37(11-9-36)17-27(38)34-25-16-32-23-6-4-18(12-21(23)28(25)41-2)19-13-24(29(42-3)33-15-19)35-43(39,40)26-7-5-20(30)14-22(26)31/h4-7,12-16,35H,8-11,17H2,1-3H3,(H,34,38). The third-order valence-electron chi connectivity index (χ3n) is 7.07. The number of sulfonamides is 1. The van der Waals surface area contributed by atoms with E-state index >= 15 is 0 Å². The Kier molecular flexibility index (Phi) is 8.71. The molecule has 1 fully saturated rings. The van der Waals surface area contributed by atoms with Crippen LogP contribution in [0.4, 0.5) is 20.2 Å². The summed E-state index contributed by atoms with van der Waals surface area (Å²) in [6.07, 6.45) is 3.02. The molecule has 0 spiro atoms. The molecule has 0 bridgehead atoms. The Bertz CT molecular complexity index is 1780. The SMILES string of the molecule is COc1ncc(-c2ccc3ncc(NC(=O)CN4CCN(C)CC4)c(OC)c3c2)cc1NS(=O)(=O)c1ccc(F)cc1F. The molecular weight excluding hydrogens is 582 g/mol. The number of carbonyl (C=O) groups excluding carboxylic acids is 1. The van der Waals surface area contributed by atoms with E-state index in [0.717, 1.165) is 38.3 Å². The van der Waals surface area contributed by atoms with Gasteiger partial charge in [0.25, 0.3) is 10.0 Å². The molecule has 43 heavy (non-hydrogen) atoms. The number of rotatable bonds is 9. The lowest BCUT2D eigenvalue weighted by molar-refractivity contribution is -0.117. The van der Waals surface area contributed by atoms with Gasteiger partial charge in [-0.2, -0.15) is 0 Å². The van der Waals surface area contributed by atoms with Crippen LogP contribution in [-0.4, -0.2) is 88.1 Å². The molecule has 14 heteroatoms. The second kappa shape index (κ2) is 12.5. The summed E-state index contributed by atoms with van der Waals surface area (Å²) in [5.74, 6) is -1.98. The summed E-state index contributed by atoms with van der Waals surface area (Å²) < 4.78 is 66.7. The van der Waals surface area contributed by atoms with Gasteiger partial charge >= 0.3 is 0 Å².